The lowest BCUT2D eigenvalue weighted by atomic mass is 9.76. The Labute approximate surface area is 338 Å². The second kappa shape index (κ2) is 21.9. The summed E-state index contributed by atoms with van der Waals surface area (Å²) in [5, 5.41) is 44.6. The first-order valence-electron chi connectivity index (χ1n) is 22.8. The number of allylic oxidation sites excluding steroid dienone is 1. The van der Waals surface area contributed by atoms with Gasteiger partial charge < -0.3 is 31.1 Å². The Morgan fingerprint density at radius 3 is 2.52 bits per heavy atom. The number of unbranched alkanes of at least 4 members (excludes halogenated alkanes) is 4. The minimum atomic E-state index is -1.03. The van der Waals surface area contributed by atoms with Crippen LogP contribution in [0.3, 0.4) is 0 Å². The highest BCUT2D eigenvalue weighted by Gasteiger charge is 2.45. The van der Waals surface area contributed by atoms with Gasteiger partial charge in [0.2, 0.25) is 0 Å². The van der Waals surface area contributed by atoms with Gasteiger partial charge in [-0.3, -0.25) is 4.79 Å². The van der Waals surface area contributed by atoms with Crippen molar-refractivity contribution in [2.24, 2.45) is 41.4 Å². The van der Waals surface area contributed by atoms with Crippen LogP contribution in [0.25, 0.3) is 0 Å². The third kappa shape index (κ3) is 13.2. The molecule has 8 heteroatoms. The first kappa shape index (κ1) is 44.4. The second-order valence-electron chi connectivity index (χ2n) is 18.8. The van der Waals surface area contributed by atoms with Crippen LogP contribution in [-0.4, -0.2) is 49.2 Å². The van der Waals surface area contributed by atoms with Gasteiger partial charge in [-0.15, -0.1) is 0 Å². The summed E-state index contributed by atoms with van der Waals surface area (Å²) >= 11 is 0. The molecule has 8 nitrogen and oxygen atoms in total. The number of carboxylic acids is 1. The Hall–Kier alpha value is -2.68. The van der Waals surface area contributed by atoms with E-state index in [2.05, 4.69) is 44.0 Å². The van der Waals surface area contributed by atoms with Gasteiger partial charge in [-0.25, -0.2) is 4.98 Å². The molecule has 2 fully saturated rings. The zero-order chi connectivity index (χ0) is 40.1. The van der Waals surface area contributed by atoms with Crippen LogP contribution in [0, 0.1) is 41.4 Å². The topological polar surface area (TPSA) is 151 Å². The van der Waals surface area contributed by atoms with Crippen LogP contribution in [0.4, 0.5) is 5.82 Å². The zero-order valence-electron chi connectivity index (χ0n) is 35.0. The fourth-order valence-corrected chi connectivity index (χ4v) is 10.9. The number of carbonyl (C=O) groups is 1. The highest BCUT2D eigenvalue weighted by molar-refractivity contribution is 5.70. The maximum atomic E-state index is 12.4. The van der Waals surface area contributed by atoms with Crippen LogP contribution in [-0.2, 0) is 17.6 Å². The number of nitrogens with zero attached hydrogens (tertiary/aromatic N) is 2. The molecular formula is C48H76N3O5-. The first-order chi connectivity index (χ1) is 26.9. The predicted molar refractivity (Wildman–Crippen MR) is 226 cm³/mol. The minimum Gasteiger partial charge on any atom is -0.667 e. The smallest absolute Gasteiger partial charge is 0.309 e. The Balaban J connectivity index is 1.14. The number of anilines is 1. The Morgan fingerprint density at radius 1 is 1.00 bits per heavy atom. The summed E-state index contributed by atoms with van der Waals surface area (Å²) in [5.41, 5.74) is 8.37. The third-order valence-corrected chi connectivity index (χ3v) is 14.4. The molecule has 6 N–H and O–H groups in total. The van der Waals surface area contributed by atoms with E-state index in [-0.39, 0.29) is 30.3 Å². The number of aliphatic hydroxyl groups excluding tert-OH is 2. The molecule has 0 spiro atoms. The summed E-state index contributed by atoms with van der Waals surface area (Å²) in [6, 6.07) is 6.15. The van der Waals surface area contributed by atoms with Gasteiger partial charge >= 0.3 is 5.97 Å². The molecule has 2 saturated carbocycles. The lowest BCUT2D eigenvalue weighted by Gasteiger charge is -2.33. The van der Waals surface area contributed by atoms with Crippen LogP contribution in [0.15, 0.2) is 42.7 Å². The number of hydrogen-bond donors (Lipinski definition) is 5. The van der Waals surface area contributed by atoms with Gasteiger partial charge in [-0.2, -0.15) is 11.9 Å². The lowest BCUT2D eigenvalue weighted by Crippen LogP contribution is -2.37. The van der Waals surface area contributed by atoms with E-state index in [0.29, 0.717) is 55.7 Å². The minimum absolute atomic E-state index is 0.0443. The standard InChI is InChI=1S/C48H76N3O5/c1-4-5-8-13-35-18-19-39(45(53)27-35)16-11-7-12-17-43(47(54)55)44(52)20-22-48(56)31-37(25-36-21-23-50-46(49)28-36)26-41(48)30-42-29-40(32-51-42)34(3)24-33(2)38-14-9-6-10-15-38/h18-19,21,23,28-29,32-35,37-39,41,43-45,52-53,56H,4-17,20,22,24-27,30-31H2,1-3H3,(H2,49,50)(H,54,55)/q-1/t33-,34+,35+,37-,39+,41-,43-,44+,45+,48+/m0/s1. The number of nitrogen functional groups attached to an aromatic ring is 1. The average molecular weight is 775 g/mol. The molecule has 2 aromatic rings. The van der Waals surface area contributed by atoms with E-state index in [1.54, 1.807) is 6.20 Å². The Bertz CT molecular complexity index is 1490. The van der Waals surface area contributed by atoms with Crippen molar-refractivity contribution in [3.63, 3.8) is 0 Å². The van der Waals surface area contributed by atoms with Crippen molar-refractivity contribution in [3.05, 3.63) is 59.6 Å². The van der Waals surface area contributed by atoms with Gasteiger partial charge in [0.25, 0.3) is 0 Å². The number of pyridine rings is 1. The molecule has 10 atom stereocenters. The molecular weight excluding hydrogens is 699 g/mol. The lowest BCUT2D eigenvalue weighted by molar-refractivity contribution is -0.146. The maximum absolute atomic E-state index is 12.4. The third-order valence-electron chi connectivity index (χ3n) is 14.4. The van der Waals surface area contributed by atoms with Crippen molar-refractivity contribution in [1.82, 2.24) is 9.97 Å². The van der Waals surface area contributed by atoms with Gasteiger partial charge in [0.15, 0.2) is 0 Å². The van der Waals surface area contributed by atoms with E-state index >= 15 is 0 Å². The van der Waals surface area contributed by atoms with Crippen molar-refractivity contribution < 1.29 is 25.2 Å². The summed E-state index contributed by atoms with van der Waals surface area (Å²) in [7, 11) is 0. The largest absolute Gasteiger partial charge is 0.667 e. The molecule has 0 unspecified atom stereocenters. The van der Waals surface area contributed by atoms with Gasteiger partial charge in [-0.1, -0.05) is 115 Å². The van der Waals surface area contributed by atoms with Crippen molar-refractivity contribution in [2.45, 2.75) is 186 Å². The summed E-state index contributed by atoms with van der Waals surface area (Å²) in [5.74, 6) is 1.46. The molecule has 56 heavy (non-hydrogen) atoms. The summed E-state index contributed by atoms with van der Waals surface area (Å²) < 4.78 is 0. The van der Waals surface area contributed by atoms with Crippen molar-refractivity contribution in [3.8, 4) is 0 Å². The van der Waals surface area contributed by atoms with Crippen molar-refractivity contribution in [2.75, 3.05) is 5.73 Å². The number of aliphatic hydroxyl groups is 3. The first-order valence-corrected chi connectivity index (χ1v) is 22.8. The normalized spacial score (nSPS) is 27.9. The molecule has 2 heterocycles. The second-order valence-corrected chi connectivity index (χ2v) is 18.8. The van der Waals surface area contributed by atoms with Gasteiger partial charge in [-0.05, 0) is 124 Å². The van der Waals surface area contributed by atoms with Gasteiger partial charge in [0.05, 0.1) is 23.7 Å². The van der Waals surface area contributed by atoms with E-state index in [0.717, 1.165) is 62.1 Å². The molecule has 0 bridgehead atoms. The van der Waals surface area contributed by atoms with E-state index in [9.17, 15) is 25.2 Å². The Kier molecular flexibility index (Phi) is 17.4. The average Bonchev–Trinajstić information content (AvgIpc) is 3.77. The summed E-state index contributed by atoms with van der Waals surface area (Å²) in [6.07, 6.45) is 27.9. The predicted octanol–water partition coefficient (Wildman–Crippen LogP) is 9.80. The van der Waals surface area contributed by atoms with Gasteiger partial charge in [0, 0.05) is 12.1 Å². The number of carboxylic acid groups (broad SMARTS) is 1. The van der Waals surface area contributed by atoms with Crippen molar-refractivity contribution >= 4 is 11.8 Å². The monoisotopic (exact) mass is 775 g/mol. The fraction of sp³-hybridized carbons (Fsp3) is 0.750. The quantitative estimate of drug-likeness (QED) is 0.0553. The summed E-state index contributed by atoms with van der Waals surface area (Å²) in [4.78, 5) is 21.4. The molecule has 0 aliphatic heterocycles. The molecule has 3 aliphatic carbocycles. The Morgan fingerprint density at radius 2 is 1.79 bits per heavy atom. The van der Waals surface area contributed by atoms with E-state index in [1.165, 1.54) is 63.4 Å². The molecule has 3 aliphatic rings. The zero-order valence-corrected chi connectivity index (χ0v) is 35.0. The summed E-state index contributed by atoms with van der Waals surface area (Å²) in [6.45, 7) is 6.96. The van der Waals surface area contributed by atoms with Crippen LogP contribution in [0.5, 0.6) is 0 Å². The molecule has 0 saturated heterocycles. The molecule has 0 radical (unpaired) electrons. The number of hydrogen-bond acceptors (Lipinski definition) is 6. The van der Waals surface area contributed by atoms with Gasteiger partial charge in [0.1, 0.15) is 5.82 Å². The number of nitrogens with two attached hydrogens (primary N) is 1. The molecule has 2 aromatic heterocycles. The van der Waals surface area contributed by atoms with E-state index in [1.807, 2.05) is 18.3 Å². The highest BCUT2D eigenvalue weighted by Crippen LogP contribution is 2.46. The molecule has 0 aromatic carbocycles. The van der Waals surface area contributed by atoms with Crippen LogP contribution in [0.2, 0.25) is 0 Å². The SMILES string of the molecule is CCCCC[C@@H]1C=C[C@@H](CCCCC[C@H](C(=O)O)[C@H](O)CC[C@@]2(O)C[C@@H](Cc3ccnc(N)c3)C[C@H]2Cc2cc([C@H](C)C[C@H](C)C3CCCCC3)c[n-]2)[C@H](O)C1. The van der Waals surface area contributed by atoms with Crippen LogP contribution < -0.4 is 10.7 Å². The number of rotatable bonds is 23. The highest BCUT2D eigenvalue weighted by atomic mass is 16.4. The maximum Gasteiger partial charge on any atom is 0.309 e. The van der Waals surface area contributed by atoms with E-state index in [4.69, 9.17) is 10.7 Å². The fourth-order valence-electron chi connectivity index (χ4n) is 10.9. The van der Waals surface area contributed by atoms with E-state index < -0.39 is 23.6 Å². The molecule has 0 amide bonds. The number of aliphatic carboxylic acids is 1. The van der Waals surface area contributed by atoms with Crippen LogP contribution in [0.1, 0.15) is 172 Å². The number of aromatic nitrogens is 2. The molecule has 314 valence electrons. The molecule has 5 rings (SSSR count). The van der Waals surface area contributed by atoms with Crippen LogP contribution >= 0.6 is 0 Å². The van der Waals surface area contributed by atoms with Crippen molar-refractivity contribution in [1.29, 1.82) is 0 Å².